The molecule has 3 aromatic rings. The molecule has 0 bridgehead atoms. The Kier molecular flexibility index (Phi) is 6.48. The van der Waals surface area contributed by atoms with Gasteiger partial charge in [0.05, 0.1) is 19.2 Å². The molecule has 2 aromatic carbocycles. The zero-order valence-electron chi connectivity index (χ0n) is 15.2. The number of aliphatic hydroxyl groups excluding tert-OH is 1. The molecule has 0 aliphatic rings. The monoisotopic (exact) mass is 379 g/mol. The second-order valence-electron chi connectivity index (χ2n) is 6.29. The van der Waals surface area contributed by atoms with E-state index < -0.39 is 17.9 Å². The van der Waals surface area contributed by atoms with Crippen molar-refractivity contribution in [1.82, 2.24) is 20.1 Å². The highest BCUT2D eigenvalue weighted by Crippen LogP contribution is 2.10. The van der Waals surface area contributed by atoms with Crippen LogP contribution in [-0.2, 0) is 22.6 Å². The van der Waals surface area contributed by atoms with Crippen molar-refractivity contribution in [3.63, 3.8) is 0 Å². The smallest absolute Gasteiger partial charge is 0.313 e. The summed E-state index contributed by atoms with van der Waals surface area (Å²) >= 11 is 0. The van der Waals surface area contributed by atoms with E-state index in [0.29, 0.717) is 18.7 Å². The fourth-order valence-corrected chi connectivity index (χ4v) is 2.69. The van der Waals surface area contributed by atoms with Crippen molar-refractivity contribution < 1.29 is 14.7 Å². The van der Waals surface area contributed by atoms with Crippen molar-refractivity contribution in [2.75, 3.05) is 11.9 Å². The van der Waals surface area contributed by atoms with Crippen LogP contribution in [0.4, 0.5) is 5.69 Å². The van der Waals surface area contributed by atoms with Crippen LogP contribution in [-0.4, -0.2) is 44.3 Å². The molecule has 0 saturated heterocycles. The highest BCUT2D eigenvalue weighted by atomic mass is 16.3. The summed E-state index contributed by atoms with van der Waals surface area (Å²) in [6.07, 6.45) is 3.52. The molecule has 1 aromatic heterocycles. The maximum absolute atomic E-state index is 12.1. The zero-order valence-corrected chi connectivity index (χ0v) is 15.2. The molecule has 0 saturated carbocycles. The van der Waals surface area contributed by atoms with Crippen molar-refractivity contribution in [2.24, 2.45) is 0 Å². The van der Waals surface area contributed by atoms with Gasteiger partial charge in [0.2, 0.25) is 0 Å². The Hall–Kier alpha value is -3.52. The molecule has 2 amide bonds. The number of hydrogen-bond donors (Lipinski definition) is 3. The van der Waals surface area contributed by atoms with E-state index in [2.05, 4.69) is 20.7 Å². The number of hydrogen-bond acceptors (Lipinski definition) is 5. The van der Waals surface area contributed by atoms with Crippen LogP contribution in [0.3, 0.4) is 0 Å². The maximum atomic E-state index is 12.1. The van der Waals surface area contributed by atoms with Gasteiger partial charge in [0.25, 0.3) is 0 Å². The van der Waals surface area contributed by atoms with E-state index in [9.17, 15) is 14.7 Å². The van der Waals surface area contributed by atoms with Gasteiger partial charge in [0.15, 0.2) is 0 Å². The first-order valence-electron chi connectivity index (χ1n) is 8.82. The Bertz CT molecular complexity index is 895. The average molecular weight is 379 g/mol. The first-order valence-corrected chi connectivity index (χ1v) is 8.82. The number of anilines is 1. The number of benzene rings is 2. The molecule has 8 heteroatoms. The van der Waals surface area contributed by atoms with Crippen LogP contribution in [0.2, 0.25) is 0 Å². The van der Waals surface area contributed by atoms with Gasteiger partial charge in [-0.25, -0.2) is 9.67 Å². The number of aromatic nitrogens is 3. The molecule has 1 unspecified atom stereocenters. The van der Waals surface area contributed by atoms with Crippen molar-refractivity contribution >= 4 is 17.5 Å². The summed E-state index contributed by atoms with van der Waals surface area (Å²) in [5.41, 5.74) is 2.45. The molecule has 8 nitrogen and oxygen atoms in total. The molecule has 0 fully saturated rings. The maximum Gasteiger partial charge on any atom is 0.313 e. The third-order valence-corrected chi connectivity index (χ3v) is 4.11. The topological polar surface area (TPSA) is 109 Å². The number of carbonyl (C=O) groups excluding carboxylic acids is 2. The van der Waals surface area contributed by atoms with Crippen LogP contribution in [0.25, 0.3) is 0 Å². The molecule has 1 heterocycles. The van der Waals surface area contributed by atoms with Crippen molar-refractivity contribution in [1.29, 1.82) is 0 Å². The molecule has 0 spiro atoms. The van der Waals surface area contributed by atoms with E-state index in [-0.39, 0.29) is 6.61 Å². The van der Waals surface area contributed by atoms with E-state index in [0.717, 1.165) is 11.1 Å². The summed E-state index contributed by atoms with van der Waals surface area (Å²) in [6, 6.07) is 16.0. The first-order chi connectivity index (χ1) is 13.6. The van der Waals surface area contributed by atoms with Gasteiger partial charge >= 0.3 is 11.8 Å². The van der Waals surface area contributed by atoms with Crippen LogP contribution < -0.4 is 10.6 Å². The Balaban J connectivity index is 1.52. The highest BCUT2D eigenvalue weighted by Gasteiger charge is 2.18. The molecule has 3 rings (SSSR count). The standard InChI is InChI=1S/C20H21N5O3/c26-12-18(10-15-4-2-1-3-5-15)24-20(28)19(27)23-17-8-6-16(7-9-17)11-25-14-21-13-22-25/h1-9,13-14,18,26H,10-12H2,(H,23,27)(H,24,28). The SMILES string of the molecule is O=C(Nc1ccc(Cn2cncn2)cc1)C(=O)NC(CO)Cc1ccccc1. The van der Waals surface area contributed by atoms with E-state index in [1.54, 1.807) is 23.1 Å². The summed E-state index contributed by atoms with van der Waals surface area (Å²) in [5, 5.41) is 18.6. The van der Waals surface area contributed by atoms with Gasteiger partial charge < -0.3 is 15.7 Å². The Morgan fingerprint density at radius 3 is 2.39 bits per heavy atom. The third kappa shape index (κ3) is 5.49. The molecular formula is C20H21N5O3. The molecule has 3 N–H and O–H groups in total. The second kappa shape index (κ2) is 9.43. The molecule has 1 atom stereocenters. The lowest BCUT2D eigenvalue weighted by Gasteiger charge is -2.16. The molecule has 0 radical (unpaired) electrons. The van der Waals surface area contributed by atoms with Crippen molar-refractivity contribution in [3.05, 3.63) is 78.4 Å². The second-order valence-corrected chi connectivity index (χ2v) is 6.29. The number of rotatable bonds is 7. The van der Waals surface area contributed by atoms with Crippen LogP contribution in [0, 0.1) is 0 Å². The van der Waals surface area contributed by atoms with E-state index in [1.165, 1.54) is 6.33 Å². The Labute approximate surface area is 162 Å². The van der Waals surface area contributed by atoms with E-state index in [1.807, 2.05) is 42.5 Å². The minimum atomic E-state index is -0.790. The lowest BCUT2D eigenvalue weighted by atomic mass is 10.1. The molecule has 144 valence electrons. The minimum absolute atomic E-state index is 0.259. The van der Waals surface area contributed by atoms with Gasteiger partial charge in [-0.05, 0) is 29.7 Å². The quantitative estimate of drug-likeness (QED) is 0.530. The van der Waals surface area contributed by atoms with Gasteiger partial charge in [-0.15, -0.1) is 0 Å². The fraction of sp³-hybridized carbons (Fsp3) is 0.200. The molecule has 0 aliphatic heterocycles. The van der Waals surface area contributed by atoms with Crippen LogP contribution >= 0.6 is 0 Å². The van der Waals surface area contributed by atoms with Crippen LogP contribution in [0.1, 0.15) is 11.1 Å². The van der Waals surface area contributed by atoms with E-state index in [4.69, 9.17) is 0 Å². The predicted molar refractivity (Wildman–Crippen MR) is 103 cm³/mol. The minimum Gasteiger partial charge on any atom is -0.394 e. The third-order valence-electron chi connectivity index (χ3n) is 4.11. The van der Waals surface area contributed by atoms with Gasteiger partial charge in [-0.3, -0.25) is 9.59 Å². The Morgan fingerprint density at radius 1 is 1.00 bits per heavy atom. The largest absolute Gasteiger partial charge is 0.394 e. The highest BCUT2D eigenvalue weighted by molar-refractivity contribution is 6.39. The Morgan fingerprint density at radius 2 is 1.75 bits per heavy atom. The number of nitrogens with one attached hydrogen (secondary N) is 2. The molecular weight excluding hydrogens is 358 g/mol. The summed E-state index contributed by atoms with van der Waals surface area (Å²) in [7, 11) is 0. The zero-order chi connectivity index (χ0) is 19.8. The summed E-state index contributed by atoms with van der Waals surface area (Å²) in [5.74, 6) is -1.57. The lowest BCUT2D eigenvalue weighted by molar-refractivity contribution is -0.136. The van der Waals surface area contributed by atoms with Gasteiger partial charge in [-0.2, -0.15) is 5.10 Å². The lowest BCUT2D eigenvalue weighted by Crippen LogP contribution is -2.44. The number of amides is 2. The summed E-state index contributed by atoms with van der Waals surface area (Å²) < 4.78 is 1.68. The molecule has 28 heavy (non-hydrogen) atoms. The number of aliphatic hydroxyl groups is 1. The number of carbonyl (C=O) groups is 2. The van der Waals surface area contributed by atoms with Crippen molar-refractivity contribution in [3.8, 4) is 0 Å². The summed E-state index contributed by atoms with van der Waals surface area (Å²) in [6.45, 7) is 0.303. The number of nitrogens with zero attached hydrogens (tertiary/aromatic N) is 3. The average Bonchev–Trinajstić information content (AvgIpc) is 3.22. The van der Waals surface area contributed by atoms with Crippen LogP contribution in [0.15, 0.2) is 67.3 Å². The van der Waals surface area contributed by atoms with Gasteiger partial charge in [-0.1, -0.05) is 42.5 Å². The predicted octanol–water partition coefficient (Wildman–Crippen LogP) is 0.985. The van der Waals surface area contributed by atoms with E-state index >= 15 is 0 Å². The summed E-state index contributed by atoms with van der Waals surface area (Å²) in [4.78, 5) is 28.1. The molecule has 0 aliphatic carbocycles. The van der Waals surface area contributed by atoms with Crippen molar-refractivity contribution in [2.45, 2.75) is 19.0 Å². The normalized spacial score (nSPS) is 11.6. The fourth-order valence-electron chi connectivity index (χ4n) is 2.69. The van der Waals surface area contributed by atoms with Gasteiger partial charge in [0.1, 0.15) is 12.7 Å². The van der Waals surface area contributed by atoms with Crippen LogP contribution in [0.5, 0.6) is 0 Å². The van der Waals surface area contributed by atoms with Gasteiger partial charge in [0, 0.05) is 5.69 Å². The first kappa shape index (κ1) is 19.2.